The zero-order valence-electron chi connectivity index (χ0n) is 11.5. The Bertz CT molecular complexity index is 960. The summed E-state index contributed by atoms with van der Waals surface area (Å²) in [5, 5.41) is 3.36. The van der Waals surface area contributed by atoms with Gasteiger partial charge >= 0.3 is 0 Å². The zero-order chi connectivity index (χ0) is 15.7. The largest absolute Gasteiger partial charge is 0.353 e. The van der Waals surface area contributed by atoms with Gasteiger partial charge < -0.3 is 5.32 Å². The molecule has 2 aromatic heterocycles. The van der Waals surface area contributed by atoms with E-state index in [1.54, 1.807) is 18.2 Å². The summed E-state index contributed by atoms with van der Waals surface area (Å²) in [5.74, 6) is 0. The topological polar surface area (TPSA) is 84.8 Å². The molecule has 8 heteroatoms. The molecule has 0 saturated carbocycles. The van der Waals surface area contributed by atoms with Crippen LogP contribution in [0, 0.1) is 0 Å². The van der Waals surface area contributed by atoms with Crippen molar-refractivity contribution in [2.75, 3.05) is 11.6 Å². The summed E-state index contributed by atoms with van der Waals surface area (Å²) in [6.45, 7) is 0. The molecule has 1 N–H and O–H groups in total. The number of nitrogens with one attached hydrogen (secondary N) is 1. The van der Waals surface area contributed by atoms with Gasteiger partial charge in [-0.25, -0.2) is 13.4 Å². The summed E-state index contributed by atoms with van der Waals surface area (Å²) in [7, 11) is -3.35. The molecule has 22 heavy (non-hydrogen) atoms. The lowest BCUT2D eigenvalue weighted by molar-refractivity contribution is 0.602. The van der Waals surface area contributed by atoms with Crippen molar-refractivity contribution in [2.24, 2.45) is 0 Å². The number of sulfone groups is 1. The summed E-state index contributed by atoms with van der Waals surface area (Å²) in [6, 6.07) is 6.75. The van der Waals surface area contributed by atoms with Crippen LogP contribution in [0.5, 0.6) is 0 Å². The molecule has 0 bridgehead atoms. The molecule has 3 rings (SSSR count). The number of benzene rings is 1. The molecular formula is C14H11ClN4O2S. The van der Waals surface area contributed by atoms with E-state index in [4.69, 9.17) is 11.6 Å². The third-order valence-electron chi connectivity index (χ3n) is 2.97. The molecule has 1 aromatic carbocycles. The molecular weight excluding hydrogens is 324 g/mol. The zero-order valence-corrected chi connectivity index (χ0v) is 13.1. The van der Waals surface area contributed by atoms with Gasteiger partial charge in [0.25, 0.3) is 0 Å². The Morgan fingerprint density at radius 2 is 1.95 bits per heavy atom. The van der Waals surface area contributed by atoms with Gasteiger partial charge in [0.1, 0.15) is 5.15 Å². The summed E-state index contributed by atoms with van der Waals surface area (Å²) < 4.78 is 23.6. The Morgan fingerprint density at radius 3 is 2.73 bits per heavy atom. The van der Waals surface area contributed by atoms with Crippen molar-refractivity contribution in [2.45, 2.75) is 4.90 Å². The molecule has 6 nitrogen and oxygen atoms in total. The van der Waals surface area contributed by atoms with Crippen molar-refractivity contribution in [1.82, 2.24) is 15.0 Å². The van der Waals surface area contributed by atoms with E-state index in [1.807, 2.05) is 0 Å². The van der Waals surface area contributed by atoms with E-state index in [0.717, 1.165) is 6.26 Å². The van der Waals surface area contributed by atoms with E-state index in [-0.39, 0.29) is 4.90 Å². The van der Waals surface area contributed by atoms with Crippen LogP contribution in [-0.2, 0) is 9.84 Å². The fraction of sp³-hybridized carbons (Fsp3) is 0.0714. The minimum Gasteiger partial charge on any atom is -0.353 e. The molecule has 0 aliphatic rings. The van der Waals surface area contributed by atoms with Crippen molar-refractivity contribution in [3.05, 3.63) is 48.0 Å². The molecule has 0 atom stereocenters. The highest BCUT2D eigenvalue weighted by molar-refractivity contribution is 7.90. The van der Waals surface area contributed by atoms with Crippen LogP contribution >= 0.6 is 11.6 Å². The predicted octanol–water partition coefficient (Wildman–Crippen LogP) is 2.83. The average molecular weight is 335 g/mol. The predicted molar refractivity (Wildman–Crippen MR) is 85.2 cm³/mol. The Morgan fingerprint density at radius 1 is 1.14 bits per heavy atom. The molecule has 3 aromatic rings. The van der Waals surface area contributed by atoms with Crippen molar-refractivity contribution >= 4 is 43.8 Å². The fourth-order valence-corrected chi connectivity index (χ4v) is 2.97. The number of halogens is 1. The van der Waals surface area contributed by atoms with Crippen LogP contribution < -0.4 is 5.32 Å². The second-order valence-electron chi connectivity index (χ2n) is 4.67. The first-order chi connectivity index (χ1) is 10.4. The number of anilines is 2. The second kappa shape index (κ2) is 5.51. The highest BCUT2D eigenvalue weighted by atomic mass is 35.5. The number of hydrogen-bond donors (Lipinski definition) is 1. The highest BCUT2D eigenvalue weighted by Gasteiger charge is 2.13. The van der Waals surface area contributed by atoms with E-state index in [0.29, 0.717) is 27.6 Å². The van der Waals surface area contributed by atoms with Gasteiger partial charge in [0.2, 0.25) is 0 Å². The molecule has 0 aliphatic carbocycles. The molecule has 2 heterocycles. The number of hydrogen-bond acceptors (Lipinski definition) is 6. The van der Waals surface area contributed by atoms with Crippen LogP contribution in [-0.4, -0.2) is 29.6 Å². The maximum Gasteiger partial charge on any atom is 0.177 e. The van der Waals surface area contributed by atoms with Gasteiger partial charge in [-0.05, 0) is 24.3 Å². The first kappa shape index (κ1) is 14.7. The van der Waals surface area contributed by atoms with Gasteiger partial charge in [0, 0.05) is 18.1 Å². The first-order valence-corrected chi connectivity index (χ1v) is 8.54. The van der Waals surface area contributed by atoms with Gasteiger partial charge in [-0.2, -0.15) is 0 Å². The van der Waals surface area contributed by atoms with E-state index in [2.05, 4.69) is 20.3 Å². The smallest absolute Gasteiger partial charge is 0.177 e. The number of rotatable bonds is 3. The van der Waals surface area contributed by atoms with Gasteiger partial charge in [-0.1, -0.05) is 11.6 Å². The molecule has 0 amide bonds. The monoisotopic (exact) mass is 334 g/mol. The Kier molecular flexibility index (Phi) is 3.67. The Labute approximate surface area is 132 Å². The van der Waals surface area contributed by atoms with Crippen LogP contribution in [0.3, 0.4) is 0 Å². The molecule has 0 fully saturated rings. The average Bonchev–Trinajstić information content (AvgIpc) is 2.47. The van der Waals surface area contributed by atoms with Crippen molar-refractivity contribution in [3.63, 3.8) is 0 Å². The van der Waals surface area contributed by atoms with E-state index in [9.17, 15) is 8.42 Å². The molecule has 0 saturated heterocycles. The van der Waals surface area contributed by atoms with E-state index in [1.165, 1.54) is 24.7 Å². The lowest BCUT2D eigenvalue weighted by atomic mass is 10.2. The molecule has 0 unspecified atom stereocenters. The minimum atomic E-state index is -3.35. The SMILES string of the molecule is CS(=O)(=O)c1ccncc1Nc1ccc2nc(Cl)cnc2c1. The van der Waals surface area contributed by atoms with Crippen LogP contribution in [0.1, 0.15) is 0 Å². The lowest BCUT2D eigenvalue weighted by Gasteiger charge is -2.10. The maximum atomic E-state index is 11.8. The van der Waals surface area contributed by atoms with Crippen molar-refractivity contribution in [1.29, 1.82) is 0 Å². The summed E-state index contributed by atoms with van der Waals surface area (Å²) >= 11 is 5.79. The number of fused-ring (bicyclic) bond motifs is 1. The molecule has 0 radical (unpaired) electrons. The molecule has 112 valence electrons. The highest BCUT2D eigenvalue weighted by Crippen LogP contribution is 2.25. The van der Waals surface area contributed by atoms with Gasteiger partial charge in [0.05, 0.1) is 34.0 Å². The van der Waals surface area contributed by atoms with Crippen LogP contribution in [0.25, 0.3) is 11.0 Å². The fourth-order valence-electron chi connectivity index (χ4n) is 2.02. The Hall–Kier alpha value is -2.25. The van der Waals surface area contributed by atoms with Gasteiger partial charge in [0.15, 0.2) is 9.84 Å². The number of pyridine rings is 1. The van der Waals surface area contributed by atoms with Crippen LogP contribution in [0.4, 0.5) is 11.4 Å². The first-order valence-electron chi connectivity index (χ1n) is 6.27. The third-order valence-corrected chi connectivity index (χ3v) is 4.31. The number of aromatic nitrogens is 3. The Balaban J connectivity index is 2.02. The summed E-state index contributed by atoms with van der Waals surface area (Å²) in [5.41, 5.74) is 2.40. The lowest BCUT2D eigenvalue weighted by Crippen LogP contribution is -2.03. The summed E-state index contributed by atoms with van der Waals surface area (Å²) in [4.78, 5) is 12.5. The van der Waals surface area contributed by atoms with E-state index >= 15 is 0 Å². The summed E-state index contributed by atoms with van der Waals surface area (Å²) in [6.07, 6.45) is 5.52. The maximum absolute atomic E-state index is 11.8. The van der Waals surface area contributed by atoms with Gasteiger partial charge in [-0.15, -0.1) is 0 Å². The van der Waals surface area contributed by atoms with Crippen LogP contribution in [0.2, 0.25) is 5.15 Å². The standard InChI is InChI=1S/C14H11ClN4O2S/c1-22(20,21)13-4-5-16-7-12(13)18-9-2-3-10-11(6-9)17-8-14(15)19-10/h2-8,18H,1H3. The van der Waals surface area contributed by atoms with Crippen molar-refractivity contribution in [3.8, 4) is 0 Å². The van der Waals surface area contributed by atoms with Gasteiger partial charge in [-0.3, -0.25) is 9.97 Å². The molecule has 0 aliphatic heterocycles. The third kappa shape index (κ3) is 3.00. The van der Waals surface area contributed by atoms with E-state index < -0.39 is 9.84 Å². The normalized spacial score (nSPS) is 11.5. The molecule has 0 spiro atoms. The second-order valence-corrected chi connectivity index (χ2v) is 7.04. The van der Waals surface area contributed by atoms with Crippen LogP contribution in [0.15, 0.2) is 47.8 Å². The quantitative estimate of drug-likeness (QED) is 0.792. The van der Waals surface area contributed by atoms with Crippen molar-refractivity contribution < 1.29 is 8.42 Å². The minimum absolute atomic E-state index is 0.185. The number of nitrogens with zero attached hydrogens (tertiary/aromatic N) is 3.